The van der Waals surface area contributed by atoms with Crippen molar-refractivity contribution in [2.24, 2.45) is 0 Å². The minimum absolute atomic E-state index is 0.0111. The van der Waals surface area contributed by atoms with Crippen molar-refractivity contribution in [2.45, 2.75) is 13.0 Å². The molecule has 0 fully saturated rings. The van der Waals surface area contributed by atoms with Crippen molar-refractivity contribution in [1.29, 1.82) is 0 Å². The highest BCUT2D eigenvalue weighted by molar-refractivity contribution is 5.78. The molecule has 3 aromatic heterocycles. The lowest BCUT2D eigenvalue weighted by Crippen LogP contribution is -2.28. The van der Waals surface area contributed by atoms with Crippen molar-refractivity contribution in [2.75, 3.05) is 0 Å². The molecule has 0 radical (unpaired) electrons. The summed E-state index contributed by atoms with van der Waals surface area (Å²) in [4.78, 5) is 4.07. The first-order valence-electron chi connectivity index (χ1n) is 8.27. The van der Waals surface area contributed by atoms with Crippen LogP contribution in [-0.2, 0) is 0 Å². The van der Waals surface area contributed by atoms with Crippen LogP contribution in [0, 0.1) is 22.7 Å². The van der Waals surface area contributed by atoms with Crippen LogP contribution in [0.5, 0.6) is 5.75 Å². The average Bonchev–Trinajstić information content (AvgIpc) is 3.19. The minimum Gasteiger partial charge on any atom is -0.618 e. The van der Waals surface area contributed by atoms with E-state index in [1.807, 2.05) is 0 Å². The maximum atomic E-state index is 14.0. The van der Waals surface area contributed by atoms with Crippen LogP contribution in [0.4, 0.5) is 13.2 Å². The Labute approximate surface area is 157 Å². The summed E-state index contributed by atoms with van der Waals surface area (Å²) < 4.78 is 48.9. The van der Waals surface area contributed by atoms with E-state index in [0.29, 0.717) is 11.4 Å². The van der Waals surface area contributed by atoms with Gasteiger partial charge < -0.3 is 9.94 Å². The Kier molecular flexibility index (Phi) is 4.34. The smallest absolute Gasteiger partial charge is 0.263 e. The molecule has 142 valence electrons. The van der Waals surface area contributed by atoms with Gasteiger partial charge in [-0.3, -0.25) is 4.98 Å². The van der Waals surface area contributed by atoms with Gasteiger partial charge in [-0.1, -0.05) is 0 Å². The summed E-state index contributed by atoms with van der Waals surface area (Å²) in [7, 11) is 0. The van der Waals surface area contributed by atoms with Crippen LogP contribution in [-0.4, -0.2) is 14.8 Å². The summed E-state index contributed by atoms with van der Waals surface area (Å²) in [5.41, 5.74) is 0.282. The average molecular weight is 386 g/mol. The Morgan fingerprint density at radius 1 is 1.18 bits per heavy atom. The summed E-state index contributed by atoms with van der Waals surface area (Å²) >= 11 is 0. The molecule has 6 nitrogen and oxygen atoms in total. The Bertz CT molecular complexity index is 1170. The van der Waals surface area contributed by atoms with Crippen LogP contribution in [0.15, 0.2) is 55.1 Å². The molecule has 9 heteroatoms. The third-order valence-electron chi connectivity index (χ3n) is 4.18. The number of aromatic nitrogens is 4. The van der Waals surface area contributed by atoms with E-state index in [4.69, 9.17) is 4.74 Å². The quantitative estimate of drug-likeness (QED) is 0.397. The van der Waals surface area contributed by atoms with Gasteiger partial charge in [-0.25, -0.2) is 13.5 Å². The van der Waals surface area contributed by atoms with Gasteiger partial charge in [0.15, 0.2) is 11.6 Å². The third kappa shape index (κ3) is 3.11. The first kappa shape index (κ1) is 17.8. The highest BCUT2D eigenvalue weighted by atomic mass is 19.1. The van der Waals surface area contributed by atoms with Crippen molar-refractivity contribution in [3.63, 3.8) is 0 Å². The van der Waals surface area contributed by atoms with Gasteiger partial charge in [-0.05, 0) is 25.1 Å². The van der Waals surface area contributed by atoms with Gasteiger partial charge in [0.2, 0.25) is 6.20 Å². The Balaban J connectivity index is 1.74. The molecule has 0 aliphatic heterocycles. The van der Waals surface area contributed by atoms with E-state index in [1.54, 1.807) is 19.2 Å². The zero-order valence-electron chi connectivity index (χ0n) is 14.5. The monoisotopic (exact) mass is 386 g/mol. The van der Waals surface area contributed by atoms with E-state index in [1.165, 1.54) is 23.0 Å². The van der Waals surface area contributed by atoms with E-state index >= 15 is 0 Å². The molecule has 0 bridgehead atoms. The zero-order valence-corrected chi connectivity index (χ0v) is 14.5. The minimum atomic E-state index is -0.841. The number of hydrogen-bond donors (Lipinski definition) is 0. The predicted molar refractivity (Wildman–Crippen MR) is 93.2 cm³/mol. The number of benzene rings is 1. The summed E-state index contributed by atoms with van der Waals surface area (Å²) in [5.74, 6) is -2.14. The molecule has 4 rings (SSSR count). The lowest BCUT2D eigenvalue weighted by molar-refractivity contribution is -0.578. The van der Waals surface area contributed by atoms with Crippen LogP contribution < -0.4 is 9.47 Å². The van der Waals surface area contributed by atoms with E-state index in [-0.39, 0.29) is 15.9 Å². The first-order valence-corrected chi connectivity index (χ1v) is 8.27. The van der Waals surface area contributed by atoms with Crippen LogP contribution in [0.3, 0.4) is 0 Å². The van der Waals surface area contributed by atoms with Gasteiger partial charge in [-0.2, -0.15) is 14.2 Å². The van der Waals surface area contributed by atoms with E-state index < -0.39 is 29.1 Å². The number of pyridine rings is 2. The molecule has 1 atom stereocenters. The fourth-order valence-corrected chi connectivity index (χ4v) is 2.95. The lowest BCUT2D eigenvalue weighted by atomic mass is 10.2. The highest BCUT2D eigenvalue weighted by Crippen LogP contribution is 2.28. The molecule has 0 saturated heterocycles. The molecule has 0 aliphatic carbocycles. The SMILES string of the molecule is CC(Oc1cc2c(F)ccc(F)c2[n+]([O-])c1)c1ncc(F)cc1-n1cccn1. The molecule has 0 amide bonds. The van der Waals surface area contributed by atoms with Gasteiger partial charge in [0.05, 0.1) is 17.3 Å². The van der Waals surface area contributed by atoms with Gasteiger partial charge >= 0.3 is 0 Å². The van der Waals surface area contributed by atoms with Gasteiger partial charge in [0.25, 0.3) is 5.52 Å². The largest absolute Gasteiger partial charge is 0.618 e. The number of ether oxygens (including phenoxy) is 1. The van der Waals surface area contributed by atoms with Crippen molar-refractivity contribution < 1.29 is 22.6 Å². The second-order valence-corrected chi connectivity index (χ2v) is 6.06. The van der Waals surface area contributed by atoms with Gasteiger partial charge in [0, 0.05) is 24.5 Å². The molecule has 3 heterocycles. The van der Waals surface area contributed by atoms with Crippen LogP contribution in [0.25, 0.3) is 16.6 Å². The number of halogens is 3. The third-order valence-corrected chi connectivity index (χ3v) is 4.18. The fourth-order valence-electron chi connectivity index (χ4n) is 2.95. The topological polar surface area (TPSA) is 66.9 Å². The Morgan fingerprint density at radius 3 is 2.71 bits per heavy atom. The predicted octanol–water partition coefficient (Wildman–Crippen LogP) is 3.61. The second kappa shape index (κ2) is 6.84. The van der Waals surface area contributed by atoms with E-state index in [2.05, 4.69) is 10.1 Å². The number of rotatable bonds is 4. The standard InChI is InChI=1S/C19H13F3N4O2/c1-11(18-17(7-12(20)9-23-18)25-6-2-5-24-25)28-13-8-14-15(21)3-4-16(22)19(14)26(27)10-13/h2-11H,1H3. The molecule has 0 spiro atoms. The van der Waals surface area contributed by atoms with Crippen LogP contribution in [0.1, 0.15) is 18.7 Å². The van der Waals surface area contributed by atoms with Gasteiger partial charge in [-0.15, -0.1) is 0 Å². The Hall–Kier alpha value is -3.62. The van der Waals surface area contributed by atoms with Gasteiger partial charge in [0.1, 0.15) is 23.4 Å². The maximum absolute atomic E-state index is 14.0. The van der Waals surface area contributed by atoms with Crippen molar-refractivity contribution in [1.82, 2.24) is 14.8 Å². The number of fused-ring (bicyclic) bond motifs is 1. The van der Waals surface area contributed by atoms with E-state index in [9.17, 15) is 18.4 Å². The van der Waals surface area contributed by atoms with Crippen molar-refractivity contribution in [3.05, 3.63) is 83.5 Å². The van der Waals surface area contributed by atoms with Crippen molar-refractivity contribution in [3.8, 4) is 11.4 Å². The van der Waals surface area contributed by atoms with Crippen LogP contribution >= 0.6 is 0 Å². The lowest BCUT2D eigenvalue weighted by Gasteiger charge is -2.17. The first-order chi connectivity index (χ1) is 13.4. The Morgan fingerprint density at radius 2 is 1.96 bits per heavy atom. The summed E-state index contributed by atoms with van der Waals surface area (Å²) in [6.45, 7) is 1.63. The molecule has 0 aliphatic rings. The molecule has 0 saturated carbocycles. The van der Waals surface area contributed by atoms with Crippen LogP contribution in [0.2, 0.25) is 0 Å². The summed E-state index contributed by atoms with van der Waals surface area (Å²) in [5, 5.41) is 16.0. The normalized spacial score (nSPS) is 12.3. The second-order valence-electron chi connectivity index (χ2n) is 6.06. The fraction of sp³-hybridized carbons (Fsp3) is 0.105. The number of hydrogen-bond acceptors (Lipinski definition) is 4. The van der Waals surface area contributed by atoms with Crippen molar-refractivity contribution >= 4 is 10.9 Å². The highest BCUT2D eigenvalue weighted by Gasteiger charge is 2.21. The molecular weight excluding hydrogens is 373 g/mol. The molecular formula is C19H13F3N4O2. The molecule has 1 unspecified atom stereocenters. The summed E-state index contributed by atoms with van der Waals surface area (Å²) in [6.07, 6.45) is 4.44. The molecule has 1 aromatic carbocycles. The molecule has 28 heavy (non-hydrogen) atoms. The zero-order chi connectivity index (χ0) is 19.8. The van der Waals surface area contributed by atoms with E-state index in [0.717, 1.165) is 24.5 Å². The number of nitrogens with zero attached hydrogens (tertiary/aromatic N) is 4. The maximum Gasteiger partial charge on any atom is 0.263 e. The molecule has 0 N–H and O–H groups in total. The molecule has 4 aromatic rings. The summed E-state index contributed by atoms with van der Waals surface area (Å²) in [6, 6.07) is 5.96.